The van der Waals surface area contributed by atoms with Gasteiger partial charge in [0.2, 0.25) is 0 Å². The summed E-state index contributed by atoms with van der Waals surface area (Å²) in [6.45, 7) is 4.22. The normalized spacial score (nSPS) is 22.7. The van der Waals surface area contributed by atoms with E-state index in [0.29, 0.717) is 0 Å². The van der Waals surface area contributed by atoms with E-state index in [2.05, 4.69) is 10.6 Å². The summed E-state index contributed by atoms with van der Waals surface area (Å²) in [5, 5.41) is 14.9. The molecule has 3 N–H and O–H groups in total. The van der Waals surface area contributed by atoms with E-state index in [9.17, 15) is 4.79 Å². The second kappa shape index (κ2) is 7.65. The molecule has 0 aliphatic carbocycles. The summed E-state index contributed by atoms with van der Waals surface area (Å²) >= 11 is 0. The highest BCUT2D eigenvalue weighted by molar-refractivity contribution is 5.70. The minimum Gasteiger partial charge on any atom is -0.481 e. The minimum atomic E-state index is -0.642. The van der Waals surface area contributed by atoms with Crippen LogP contribution in [0, 0.1) is 5.92 Å². The summed E-state index contributed by atoms with van der Waals surface area (Å²) in [5.41, 5.74) is 0. The Kier molecular flexibility index (Phi) is 6.36. The van der Waals surface area contributed by atoms with Crippen LogP contribution in [0.3, 0.4) is 0 Å². The van der Waals surface area contributed by atoms with Crippen molar-refractivity contribution >= 4 is 5.97 Å². The van der Waals surface area contributed by atoms with Crippen LogP contribution in [0.2, 0.25) is 0 Å². The number of carboxylic acid groups (broad SMARTS) is 1. The Labute approximate surface area is 91.4 Å². The second-order valence-corrected chi connectivity index (χ2v) is 4.17. The number of hydrogen-bond acceptors (Lipinski definition) is 3. The molecule has 2 heterocycles. The van der Waals surface area contributed by atoms with Crippen LogP contribution in [-0.4, -0.2) is 37.3 Å². The Morgan fingerprint density at radius 1 is 0.933 bits per heavy atom. The van der Waals surface area contributed by atoms with Crippen LogP contribution in [0.25, 0.3) is 0 Å². The summed E-state index contributed by atoms with van der Waals surface area (Å²) in [5.74, 6) is -0.734. The van der Waals surface area contributed by atoms with Gasteiger partial charge in [0.05, 0.1) is 5.92 Å². The van der Waals surface area contributed by atoms with Crippen molar-refractivity contribution in [2.24, 2.45) is 5.92 Å². The molecule has 4 nitrogen and oxygen atoms in total. The third kappa shape index (κ3) is 5.74. The molecule has 0 amide bonds. The maximum absolute atomic E-state index is 10.3. The van der Waals surface area contributed by atoms with Crippen molar-refractivity contribution in [3.05, 3.63) is 0 Å². The molecule has 88 valence electrons. The standard InChI is InChI=1S/C6H11NO2.C5H11N/c8-6(9)5-1-3-7-4-2-5;1-2-4-6-5-3-1/h5,7H,1-4H2,(H,8,9);6H,1-5H2. The largest absolute Gasteiger partial charge is 0.481 e. The minimum absolute atomic E-state index is 0.0914. The molecule has 2 saturated heterocycles. The van der Waals surface area contributed by atoms with Crippen LogP contribution in [0.1, 0.15) is 32.1 Å². The average molecular weight is 214 g/mol. The number of rotatable bonds is 1. The summed E-state index contributed by atoms with van der Waals surface area (Å²) < 4.78 is 0. The molecule has 0 aromatic heterocycles. The van der Waals surface area contributed by atoms with E-state index < -0.39 is 5.97 Å². The molecule has 0 aromatic rings. The van der Waals surface area contributed by atoms with E-state index in [-0.39, 0.29) is 5.92 Å². The summed E-state index contributed by atoms with van der Waals surface area (Å²) in [7, 11) is 0. The average Bonchev–Trinajstić information content (AvgIpc) is 2.33. The first-order valence-electron chi connectivity index (χ1n) is 5.95. The molecule has 0 unspecified atom stereocenters. The van der Waals surface area contributed by atoms with Gasteiger partial charge in [-0.3, -0.25) is 4.79 Å². The smallest absolute Gasteiger partial charge is 0.306 e. The molecule has 2 aliphatic rings. The van der Waals surface area contributed by atoms with Crippen molar-refractivity contribution in [2.75, 3.05) is 26.2 Å². The monoisotopic (exact) mass is 214 g/mol. The van der Waals surface area contributed by atoms with Crippen molar-refractivity contribution in [1.29, 1.82) is 0 Å². The number of nitrogens with one attached hydrogen (secondary N) is 2. The van der Waals surface area contributed by atoms with Crippen LogP contribution >= 0.6 is 0 Å². The van der Waals surface area contributed by atoms with Crippen molar-refractivity contribution < 1.29 is 9.90 Å². The van der Waals surface area contributed by atoms with Crippen LogP contribution in [0.5, 0.6) is 0 Å². The Morgan fingerprint density at radius 2 is 1.47 bits per heavy atom. The SMILES string of the molecule is C1CCNCC1.O=C(O)C1CCNCC1. The molecular formula is C11H22N2O2. The van der Waals surface area contributed by atoms with Gasteiger partial charge in [0, 0.05) is 0 Å². The van der Waals surface area contributed by atoms with Gasteiger partial charge < -0.3 is 15.7 Å². The van der Waals surface area contributed by atoms with Gasteiger partial charge in [-0.2, -0.15) is 0 Å². The lowest BCUT2D eigenvalue weighted by atomic mass is 9.99. The van der Waals surface area contributed by atoms with Crippen LogP contribution in [0.4, 0.5) is 0 Å². The van der Waals surface area contributed by atoms with Gasteiger partial charge in [0.15, 0.2) is 0 Å². The van der Waals surface area contributed by atoms with Gasteiger partial charge in [0.1, 0.15) is 0 Å². The quantitative estimate of drug-likeness (QED) is 0.605. The molecule has 0 aromatic carbocycles. The van der Waals surface area contributed by atoms with Crippen molar-refractivity contribution in [1.82, 2.24) is 10.6 Å². The highest BCUT2D eigenvalue weighted by Crippen LogP contribution is 2.10. The molecule has 0 atom stereocenters. The predicted molar refractivity (Wildman–Crippen MR) is 60.0 cm³/mol. The van der Waals surface area contributed by atoms with E-state index in [1.165, 1.54) is 32.4 Å². The fourth-order valence-electron chi connectivity index (χ4n) is 1.87. The summed E-state index contributed by atoms with van der Waals surface area (Å²) in [6.07, 6.45) is 5.79. The zero-order chi connectivity index (χ0) is 10.9. The van der Waals surface area contributed by atoms with Crippen molar-refractivity contribution in [2.45, 2.75) is 32.1 Å². The van der Waals surface area contributed by atoms with E-state index in [1.54, 1.807) is 0 Å². The first-order valence-corrected chi connectivity index (χ1v) is 5.95. The van der Waals surface area contributed by atoms with Crippen molar-refractivity contribution in [3.8, 4) is 0 Å². The topological polar surface area (TPSA) is 61.4 Å². The lowest BCUT2D eigenvalue weighted by Gasteiger charge is -2.17. The fraction of sp³-hybridized carbons (Fsp3) is 0.909. The Morgan fingerprint density at radius 3 is 1.73 bits per heavy atom. The highest BCUT2D eigenvalue weighted by Gasteiger charge is 2.18. The van der Waals surface area contributed by atoms with Gasteiger partial charge >= 0.3 is 5.97 Å². The van der Waals surface area contributed by atoms with Crippen LogP contribution in [0.15, 0.2) is 0 Å². The number of carbonyl (C=O) groups is 1. The third-order valence-corrected chi connectivity index (χ3v) is 2.90. The van der Waals surface area contributed by atoms with E-state index in [0.717, 1.165) is 25.9 Å². The zero-order valence-electron chi connectivity index (χ0n) is 9.30. The molecule has 15 heavy (non-hydrogen) atoms. The van der Waals surface area contributed by atoms with Crippen molar-refractivity contribution in [3.63, 3.8) is 0 Å². The summed E-state index contributed by atoms with van der Waals surface area (Å²) in [6, 6.07) is 0. The number of aliphatic carboxylic acids is 1. The molecule has 2 rings (SSSR count). The van der Waals surface area contributed by atoms with Gasteiger partial charge in [-0.05, 0) is 51.9 Å². The first-order chi connectivity index (χ1) is 7.30. The van der Waals surface area contributed by atoms with Gasteiger partial charge in [-0.25, -0.2) is 0 Å². The molecule has 4 heteroatoms. The molecule has 0 saturated carbocycles. The second-order valence-electron chi connectivity index (χ2n) is 4.17. The molecular weight excluding hydrogens is 192 g/mol. The Balaban J connectivity index is 0.000000162. The number of piperidine rings is 2. The third-order valence-electron chi connectivity index (χ3n) is 2.90. The number of hydrogen-bond donors (Lipinski definition) is 3. The van der Waals surface area contributed by atoms with Crippen LogP contribution in [-0.2, 0) is 4.79 Å². The van der Waals surface area contributed by atoms with E-state index in [4.69, 9.17) is 5.11 Å². The molecule has 0 spiro atoms. The molecule has 0 radical (unpaired) electrons. The summed E-state index contributed by atoms with van der Waals surface area (Å²) in [4.78, 5) is 10.3. The van der Waals surface area contributed by atoms with Crippen LogP contribution < -0.4 is 10.6 Å². The Hall–Kier alpha value is -0.610. The van der Waals surface area contributed by atoms with E-state index >= 15 is 0 Å². The fourth-order valence-corrected chi connectivity index (χ4v) is 1.87. The lowest BCUT2D eigenvalue weighted by Crippen LogP contribution is -2.31. The van der Waals surface area contributed by atoms with E-state index in [1.807, 2.05) is 0 Å². The molecule has 2 fully saturated rings. The van der Waals surface area contributed by atoms with Gasteiger partial charge in [-0.1, -0.05) is 6.42 Å². The lowest BCUT2D eigenvalue weighted by molar-refractivity contribution is -0.142. The molecule has 0 bridgehead atoms. The first kappa shape index (κ1) is 12.5. The maximum Gasteiger partial charge on any atom is 0.306 e. The molecule has 2 aliphatic heterocycles. The van der Waals surface area contributed by atoms with Gasteiger partial charge in [0.25, 0.3) is 0 Å². The maximum atomic E-state index is 10.3. The zero-order valence-corrected chi connectivity index (χ0v) is 9.30. The predicted octanol–water partition coefficient (Wildman–Crippen LogP) is 0.830. The van der Waals surface area contributed by atoms with Gasteiger partial charge in [-0.15, -0.1) is 0 Å². The number of carboxylic acids is 1. The Bertz CT molecular complexity index is 164. The highest BCUT2D eigenvalue weighted by atomic mass is 16.4.